The molecule has 0 unspecified atom stereocenters. The first-order chi connectivity index (χ1) is 6.83. The Hall–Kier alpha value is -1.52. The minimum absolute atomic E-state index is 0.428. The van der Waals surface area contributed by atoms with Crippen LogP contribution in [0, 0.1) is 11.3 Å². The van der Waals surface area contributed by atoms with Gasteiger partial charge in [-0.3, -0.25) is 0 Å². The van der Waals surface area contributed by atoms with Crippen LogP contribution in [0.3, 0.4) is 0 Å². The molecule has 0 saturated heterocycles. The summed E-state index contributed by atoms with van der Waals surface area (Å²) in [5, 5.41) is 11.5. The summed E-state index contributed by atoms with van der Waals surface area (Å²) in [7, 11) is 0. The molecule has 1 nitrogen and oxygen atoms in total. The lowest BCUT2D eigenvalue weighted by Gasteiger charge is -2.03. The quantitative estimate of drug-likeness (QED) is 0.692. The summed E-state index contributed by atoms with van der Waals surface area (Å²) in [5.74, 6) is 0. The van der Waals surface area contributed by atoms with E-state index in [0.717, 1.165) is 21.4 Å². The van der Waals surface area contributed by atoms with E-state index in [2.05, 4.69) is 6.07 Å². The molecule has 2 heteroatoms. The Bertz CT molecular complexity index is 511. The SMILES string of the molecule is N#CCc1cccc2c(Cl)cccc12. The highest BCUT2D eigenvalue weighted by Crippen LogP contribution is 2.25. The van der Waals surface area contributed by atoms with Gasteiger partial charge < -0.3 is 0 Å². The van der Waals surface area contributed by atoms with Gasteiger partial charge in [0.05, 0.1) is 12.5 Å². The summed E-state index contributed by atoms with van der Waals surface area (Å²) in [6.07, 6.45) is 0.428. The highest BCUT2D eigenvalue weighted by Gasteiger charge is 2.02. The Morgan fingerprint density at radius 2 is 1.79 bits per heavy atom. The Morgan fingerprint density at radius 1 is 1.07 bits per heavy atom. The number of fused-ring (bicyclic) bond motifs is 1. The van der Waals surface area contributed by atoms with Gasteiger partial charge in [-0.25, -0.2) is 0 Å². The van der Waals surface area contributed by atoms with Crippen LogP contribution in [0.1, 0.15) is 5.56 Å². The first kappa shape index (κ1) is 9.05. The molecular weight excluding hydrogens is 194 g/mol. The Morgan fingerprint density at radius 3 is 2.57 bits per heavy atom. The molecule has 14 heavy (non-hydrogen) atoms. The molecule has 0 fully saturated rings. The molecule has 0 radical (unpaired) electrons. The van der Waals surface area contributed by atoms with Crippen LogP contribution < -0.4 is 0 Å². The van der Waals surface area contributed by atoms with E-state index in [1.54, 1.807) is 0 Å². The van der Waals surface area contributed by atoms with Crippen molar-refractivity contribution >= 4 is 22.4 Å². The zero-order valence-electron chi connectivity index (χ0n) is 7.50. The van der Waals surface area contributed by atoms with Crippen molar-refractivity contribution in [3.63, 3.8) is 0 Å². The van der Waals surface area contributed by atoms with Gasteiger partial charge in [0.2, 0.25) is 0 Å². The van der Waals surface area contributed by atoms with Crippen molar-refractivity contribution in [2.75, 3.05) is 0 Å². The lowest BCUT2D eigenvalue weighted by Crippen LogP contribution is -1.84. The molecule has 0 saturated carbocycles. The van der Waals surface area contributed by atoms with Gasteiger partial charge in [-0.05, 0) is 17.0 Å². The number of rotatable bonds is 1. The molecule has 0 bridgehead atoms. The highest BCUT2D eigenvalue weighted by molar-refractivity contribution is 6.35. The lowest BCUT2D eigenvalue weighted by atomic mass is 10.0. The van der Waals surface area contributed by atoms with E-state index in [1.165, 1.54) is 0 Å². The number of benzene rings is 2. The third kappa shape index (κ3) is 1.45. The normalized spacial score (nSPS) is 10.0. The summed E-state index contributed by atoms with van der Waals surface area (Å²) >= 11 is 6.05. The zero-order valence-corrected chi connectivity index (χ0v) is 8.25. The van der Waals surface area contributed by atoms with E-state index in [-0.39, 0.29) is 0 Å². The first-order valence-electron chi connectivity index (χ1n) is 4.36. The van der Waals surface area contributed by atoms with E-state index in [9.17, 15) is 0 Å². The second kappa shape index (κ2) is 3.69. The average molecular weight is 202 g/mol. The third-order valence-electron chi connectivity index (χ3n) is 2.23. The van der Waals surface area contributed by atoms with Crippen LogP contribution >= 0.6 is 11.6 Å². The molecule has 0 amide bonds. The predicted octanol–water partition coefficient (Wildman–Crippen LogP) is 3.56. The topological polar surface area (TPSA) is 23.8 Å². The molecule has 2 rings (SSSR count). The summed E-state index contributed by atoms with van der Waals surface area (Å²) in [6.45, 7) is 0. The second-order valence-corrected chi connectivity index (χ2v) is 3.49. The molecule has 0 aromatic heterocycles. The molecule has 2 aromatic carbocycles. The van der Waals surface area contributed by atoms with Crippen molar-refractivity contribution in [2.24, 2.45) is 0 Å². The van der Waals surface area contributed by atoms with Crippen molar-refractivity contribution in [1.29, 1.82) is 5.26 Å². The van der Waals surface area contributed by atoms with Gasteiger partial charge in [0.15, 0.2) is 0 Å². The maximum atomic E-state index is 8.67. The highest BCUT2D eigenvalue weighted by atomic mass is 35.5. The van der Waals surface area contributed by atoms with Crippen molar-refractivity contribution < 1.29 is 0 Å². The fourth-order valence-corrected chi connectivity index (χ4v) is 1.81. The fourth-order valence-electron chi connectivity index (χ4n) is 1.58. The number of hydrogen-bond donors (Lipinski definition) is 0. The second-order valence-electron chi connectivity index (χ2n) is 3.09. The predicted molar refractivity (Wildman–Crippen MR) is 58.3 cm³/mol. The van der Waals surface area contributed by atoms with Gasteiger partial charge >= 0.3 is 0 Å². The van der Waals surface area contributed by atoms with Crippen molar-refractivity contribution in [1.82, 2.24) is 0 Å². The standard InChI is InChI=1S/C12H8ClN/c13-12-6-2-4-10-9(7-8-14)3-1-5-11(10)12/h1-6H,7H2. The largest absolute Gasteiger partial charge is 0.198 e. The van der Waals surface area contributed by atoms with Gasteiger partial charge in [0, 0.05) is 10.4 Å². The van der Waals surface area contributed by atoms with E-state index in [4.69, 9.17) is 16.9 Å². The van der Waals surface area contributed by atoms with Crippen molar-refractivity contribution in [3.8, 4) is 6.07 Å². The number of nitriles is 1. The molecule has 0 aliphatic heterocycles. The van der Waals surface area contributed by atoms with Crippen LogP contribution in [0.15, 0.2) is 36.4 Å². The molecule has 0 heterocycles. The maximum Gasteiger partial charge on any atom is 0.0669 e. The Labute approximate surface area is 87.5 Å². The van der Waals surface area contributed by atoms with Crippen LogP contribution in [0.25, 0.3) is 10.8 Å². The maximum absolute atomic E-state index is 8.67. The van der Waals surface area contributed by atoms with Crippen LogP contribution in [0.5, 0.6) is 0 Å². The molecule has 0 N–H and O–H groups in total. The minimum Gasteiger partial charge on any atom is -0.198 e. The Balaban J connectivity index is 2.76. The molecule has 0 aliphatic carbocycles. The van der Waals surface area contributed by atoms with Crippen molar-refractivity contribution in [3.05, 3.63) is 47.0 Å². The van der Waals surface area contributed by atoms with Crippen molar-refractivity contribution in [2.45, 2.75) is 6.42 Å². The van der Waals surface area contributed by atoms with Crippen LogP contribution in [-0.4, -0.2) is 0 Å². The molecule has 0 spiro atoms. The first-order valence-corrected chi connectivity index (χ1v) is 4.74. The average Bonchev–Trinajstić information content (AvgIpc) is 2.20. The molecule has 0 atom stereocenters. The summed E-state index contributed by atoms with van der Waals surface area (Å²) in [4.78, 5) is 0. The van der Waals surface area contributed by atoms with Crippen LogP contribution in [-0.2, 0) is 6.42 Å². The number of halogens is 1. The van der Waals surface area contributed by atoms with Gasteiger partial charge in [0.25, 0.3) is 0 Å². The fraction of sp³-hybridized carbons (Fsp3) is 0.0833. The minimum atomic E-state index is 0.428. The smallest absolute Gasteiger partial charge is 0.0669 e. The number of hydrogen-bond acceptors (Lipinski definition) is 1. The third-order valence-corrected chi connectivity index (χ3v) is 2.56. The molecular formula is C12H8ClN. The van der Waals surface area contributed by atoms with E-state index in [1.807, 2.05) is 36.4 Å². The summed E-state index contributed by atoms with van der Waals surface area (Å²) in [6, 6.07) is 13.8. The van der Waals surface area contributed by atoms with Crippen LogP contribution in [0.2, 0.25) is 5.02 Å². The lowest BCUT2D eigenvalue weighted by molar-refractivity contribution is 1.29. The van der Waals surface area contributed by atoms with Gasteiger partial charge in [-0.15, -0.1) is 0 Å². The van der Waals surface area contributed by atoms with E-state index < -0.39 is 0 Å². The summed E-state index contributed by atoms with van der Waals surface area (Å²) in [5.41, 5.74) is 1.03. The molecule has 68 valence electrons. The number of nitrogens with zero attached hydrogens (tertiary/aromatic N) is 1. The summed E-state index contributed by atoms with van der Waals surface area (Å²) < 4.78 is 0. The van der Waals surface area contributed by atoms with E-state index in [0.29, 0.717) is 6.42 Å². The Kier molecular flexibility index (Phi) is 2.39. The zero-order chi connectivity index (χ0) is 9.97. The van der Waals surface area contributed by atoms with Gasteiger partial charge in [-0.1, -0.05) is 41.9 Å². The van der Waals surface area contributed by atoms with E-state index >= 15 is 0 Å². The van der Waals surface area contributed by atoms with Gasteiger partial charge in [0.1, 0.15) is 0 Å². The van der Waals surface area contributed by atoms with Crippen LogP contribution in [0.4, 0.5) is 0 Å². The van der Waals surface area contributed by atoms with Gasteiger partial charge in [-0.2, -0.15) is 5.26 Å². The monoisotopic (exact) mass is 201 g/mol. The molecule has 0 aliphatic rings. The molecule has 2 aromatic rings.